The minimum absolute atomic E-state index is 0.00829. The van der Waals surface area contributed by atoms with Gasteiger partial charge in [-0.2, -0.15) is 11.8 Å². The molecular weight excluding hydrogens is 805 g/mol. The van der Waals surface area contributed by atoms with Gasteiger partial charge in [-0.3, -0.25) is 19.2 Å². The van der Waals surface area contributed by atoms with Crippen LogP contribution in [0.4, 0.5) is 0 Å². The highest BCUT2D eigenvalue weighted by Gasteiger charge is 2.23. The van der Waals surface area contributed by atoms with E-state index in [1.54, 1.807) is 0 Å². The fourth-order valence-corrected chi connectivity index (χ4v) is 9.58. The van der Waals surface area contributed by atoms with Gasteiger partial charge in [0.1, 0.15) is 18.5 Å². The van der Waals surface area contributed by atoms with Crippen molar-refractivity contribution in [1.82, 2.24) is 0 Å². The Kier molecular flexibility index (Phi) is 48.6. The number of thioether (sulfide) groups is 1. The minimum Gasteiger partial charge on any atom is -0.481 e. The molecule has 0 aromatic carbocycles. The summed E-state index contributed by atoms with van der Waals surface area (Å²) in [4.78, 5) is 50.5. The number of hydrogen-bond acceptors (Lipinski definition) is 7. The van der Waals surface area contributed by atoms with Gasteiger partial charge in [0.05, 0.1) is 5.92 Å². The Balaban J connectivity index is 4.59. The number of carbonyl (C=O) groups is 4. The maximum Gasteiger partial charge on any atom is 0.307 e. The predicted molar refractivity (Wildman–Crippen MR) is 270 cm³/mol. The van der Waals surface area contributed by atoms with Gasteiger partial charge in [0.15, 0.2) is 0 Å². The number of esters is 2. The fourth-order valence-electron chi connectivity index (χ4n) is 8.47. The largest absolute Gasteiger partial charge is 0.481 e. The lowest BCUT2D eigenvalue weighted by Gasteiger charge is -2.19. The van der Waals surface area contributed by atoms with Gasteiger partial charge < -0.3 is 14.6 Å². The van der Waals surface area contributed by atoms with Gasteiger partial charge in [-0.15, -0.1) is 0 Å². The standard InChI is InChI=1S/C55H104O7S/c1-4-7-10-13-16-19-22-25-28-31-34-37-40-43-51(56)46-50(55(59)60)48-63-49-52(62-54(58)45-42-39-36-33-30-27-24-21-18-15-12-9-6-3)47-61-53(57)44-41-38-35-32-29-26-23-20-17-14-11-8-5-2/h50,52H,4-49H2,1-3H3,(H,59,60)/t50-,52?/m0/s1. The molecule has 0 aliphatic rings. The number of carbonyl (C=O) groups excluding carboxylic acids is 3. The Bertz CT molecular complexity index is 1020. The normalized spacial score (nSPS) is 12.4. The zero-order valence-corrected chi connectivity index (χ0v) is 42.8. The number of ether oxygens (including phenoxy) is 2. The van der Waals surface area contributed by atoms with Crippen LogP contribution < -0.4 is 0 Å². The molecule has 0 aromatic rings. The zero-order valence-electron chi connectivity index (χ0n) is 42.0. The van der Waals surface area contributed by atoms with E-state index in [9.17, 15) is 24.3 Å². The summed E-state index contributed by atoms with van der Waals surface area (Å²) in [5.41, 5.74) is 0. The summed E-state index contributed by atoms with van der Waals surface area (Å²) in [7, 11) is 0. The highest BCUT2D eigenvalue weighted by molar-refractivity contribution is 7.99. The molecule has 0 aliphatic heterocycles. The van der Waals surface area contributed by atoms with E-state index >= 15 is 0 Å². The van der Waals surface area contributed by atoms with Crippen molar-refractivity contribution in [3.05, 3.63) is 0 Å². The first-order valence-corrected chi connectivity index (χ1v) is 28.7. The number of Topliss-reactive ketones (excluding diaryl/α,β-unsaturated/α-hetero) is 1. The van der Waals surface area contributed by atoms with Crippen LogP contribution >= 0.6 is 11.8 Å². The molecule has 0 aliphatic carbocycles. The third-order valence-corrected chi connectivity index (χ3v) is 13.9. The SMILES string of the molecule is CCCCCCCCCCCCCCCC(=O)C[C@@H](CSCC(COC(=O)CCCCCCCCCCCCCCC)OC(=O)CCCCCCCCCCCCCCC)C(=O)O. The Morgan fingerprint density at radius 3 is 1.03 bits per heavy atom. The molecule has 0 rings (SSSR count). The molecule has 1 unspecified atom stereocenters. The van der Waals surface area contributed by atoms with E-state index in [4.69, 9.17) is 9.47 Å². The van der Waals surface area contributed by atoms with E-state index in [2.05, 4.69) is 20.8 Å². The highest BCUT2D eigenvalue weighted by atomic mass is 32.2. The van der Waals surface area contributed by atoms with Crippen LogP contribution in [-0.4, -0.2) is 53.0 Å². The molecule has 1 N–H and O–H groups in total. The van der Waals surface area contributed by atoms with Crippen molar-refractivity contribution in [3.8, 4) is 0 Å². The topological polar surface area (TPSA) is 107 Å². The molecule has 0 fully saturated rings. The quantitative estimate of drug-likeness (QED) is 0.0475. The van der Waals surface area contributed by atoms with Crippen LogP contribution in [-0.2, 0) is 28.7 Å². The molecule has 0 saturated carbocycles. The van der Waals surface area contributed by atoms with Crippen LogP contribution in [0.25, 0.3) is 0 Å². The Labute approximate surface area is 394 Å². The van der Waals surface area contributed by atoms with Crippen LogP contribution in [0.3, 0.4) is 0 Å². The van der Waals surface area contributed by atoms with Crippen molar-refractivity contribution in [2.75, 3.05) is 18.1 Å². The second-order valence-corrected chi connectivity index (χ2v) is 20.2. The van der Waals surface area contributed by atoms with Crippen molar-refractivity contribution in [2.24, 2.45) is 5.92 Å². The van der Waals surface area contributed by atoms with E-state index in [-0.39, 0.29) is 36.5 Å². The number of unbranched alkanes of at least 4 members (excludes halogenated alkanes) is 36. The monoisotopic (exact) mass is 909 g/mol. The summed E-state index contributed by atoms with van der Waals surface area (Å²) in [6, 6.07) is 0. The predicted octanol–water partition coefficient (Wildman–Crippen LogP) is 17.3. The molecule has 0 amide bonds. The van der Waals surface area contributed by atoms with Gasteiger partial charge in [0, 0.05) is 37.2 Å². The Hall–Kier alpha value is -1.57. The lowest BCUT2D eigenvalue weighted by molar-refractivity contribution is -0.157. The number of rotatable bonds is 52. The number of hydrogen-bond donors (Lipinski definition) is 1. The molecular formula is C55H104O7S. The molecule has 0 bridgehead atoms. The molecule has 2 atom stereocenters. The average molecular weight is 909 g/mol. The van der Waals surface area contributed by atoms with Gasteiger partial charge >= 0.3 is 17.9 Å². The first kappa shape index (κ1) is 61.4. The van der Waals surface area contributed by atoms with Crippen molar-refractivity contribution >= 4 is 35.5 Å². The summed E-state index contributed by atoms with van der Waals surface area (Å²) >= 11 is 1.36. The second-order valence-electron chi connectivity index (χ2n) is 19.1. The summed E-state index contributed by atoms with van der Waals surface area (Å²) in [5.74, 6) is -1.74. The van der Waals surface area contributed by atoms with Gasteiger partial charge in [-0.05, 0) is 19.3 Å². The van der Waals surface area contributed by atoms with E-state index < -0.39 is 18.0 Å². The highest BCUT2D eigenvalue weighted by Crippen LogP contribution is 2.20. The lowest BCUT2D eigenvalue weighted by Crippen LogP contribution is -2.28. The maximum absolute atomic E-state index is 12.9. The fraction of sp³-hybridized carbons (Fsp3) is 0.927. The van der Waals surface area contributed by atoms with E-state index in [1.807, 2.05) is 0 Å². The molecule has 0 radical (unpaired) electrons. The van der Waals surface area contributed by atoms with Crippen molar-refractivity contribution < 1.29 is 33.8 Å². The molecule has 8 heteroatoms. The van der Waals surface area contributed by atoms with Gasteiger partial charge in [0.2, 0.25) is 0 Å². The summed E-state index contributed by atoms with van der Waals surface area (Å²) < 4.78 is 11.4. The van der Waals surface area contributed by atoms with Crippen LogP contribution in [0.1, 0.15) is 297 Å². The van der Waals surface area contributed by atoms with Gasteiger partial charge in [-0.1, -0.05) is 252 Å². The van der Waals surface area contributed by atoms with Gasteiger partial charge in [0.25, 0.3) is 0 Å². The van der Waals surface area contributed by atoms with E-state index in [0.717, 1.165) is 57.8 Å². The van der Waals surface area contributed by atoms with Gasteiger partial charge in [-0.25, -0.2) is 0 Å². The van der Waals surface area contributed by atoms with E-state index in [0.29, 0.717) is 25.0 Å². The second kappa shape index (κ2) is 49.9. The van der Waals surface area contributed by atoms with Crippen LogP contribution in [0.2, 0.25) is 0 Å². The maximum atomic E-state index is 12.9. The number of carboxylic acid groups (broad SMARTS) is 1. The average Bonchev–Trinajstić information content (AvgIpc) is 3.27. The van der Waals surface area contributed by atoms with Crippen molar-refractivity contribution in [1.29, 1.82) is 0 Å². The van der Waals surface area contributed by atoms with Crippen LogP contribution in [0.15, 0.2) is 0 Å². The molecule has 0 saturated heterocycles. The number of ketones is 1. The molecule has 63 heavy (non-hydrogen) atoms. The van der Waals surface area contributed by atoms with Crippen LogP contribution in [0, 0.1) is 5.92 Å². The third kappa shape index (κ3) is 46.8. The molecule has 0 aromatic heterocycles. The van der Waals surface area contributed by atoms with Crippen molar-refractivity contribution in [2.45, 2.75) is 303 Å². The third-order valence-electron chi connectivity index (χ3n) is 12.7. The number of carboxylic acids is 1. The summed E-state index contributed by atoms with van der Waals surface area (Å²) in [6.45, 7) is 6.75. The van der Waals surface area contributed by atoms with Crippen LogP contribution in [0.5, 0.6) is 0 Å². The first-order chi connectivity index (χ1) is 30.8. The summed E-state index contributed by atoms with van der Waals surface area (Å²) in [6.07, 6.45) is 48.9. The molecule has 0 spiro atoms. The Morgan fingerprint density at radius 1 is 0.397 bits per heavy atom. The summed E-state index contributed by atoms with van der Waals surface area (Å²) in [5, 5.41) is 9.94. The molecule has 372 valence electrons. The smallest absolute Gasteiger partial charge is 0.307 e. The van der Waals surface area contributed by atoms with Crippen molar-refractivity contribution in [3.63, 3.8) is 0 Å². The van der Waals surface area contributed by atoms with E-state index in [1.165, 1.54) is 204 Å². The first-order valence-electron chi connectivity index (χ1n) is 27.5. The minimum atomic E-state index is -0.971. The number of aliphatic carboxylic acids is 1. The lowest BCUT2D eigenvalue weighted by atomic mass is 10.00. The molecule has 0 heterocycles. The molecule has 7 nitrogen and oxygen atoms in total. The zero-order chi connectivity index (χ0) is 46.1. The Morgan fingerprint density at radius 2 is 0.698 bits per heavy atom.